The molecule has 1 atom stereocenters. The number of azide groups is 1. The van der Waals surface area contributed by atoms with E-state index in [2.05, 4.69) is 35.3 Å². The van der Waals surface area contributed by atoms with E-state index in [1.165, 1.54) is 12.1 Å². The van der Waals surface area contributed by atoms with Gasteiger partial charge < -0.3 is 30.0 Å². The highest BCUT2D eigenvalue weighted by Gasteiger charge is 2.43. The van der Waals surface area contributed by atoms with Gasteiger partial charge in [-0.1, -0.05) is 19.0 Å². The van der Waals surface area contributed by atoms with Crippen LogP contribution in [0.4, 0.5) is 24.8 Å². The molecule has 0 aliphatic carbocycles. The molecule has 2 aromatic heterocycles. The van der Waals surface area contributed by atoms with E-state index in [4.69, 9.17) is 30.2 Å². The SMILES string of the molecule is CC(C)COC(=O)C(C)(CCC(=O)NCCOCCOCCOCCN=[N+]=[N-])CCC(=O)c1ccc(N(Cc2cnc3nc(N)[nH]c(=O)c3n2)C(=O)C(F)(F)F)cc1. The third-order valence-electron chi connectivity index (χ3n) is 8.35. The fourth-order valence-corrected chi connectivity index (χ4v) is 5.18. The van der Waals surface area contributed by atoms with Crippen molar-refractivity contribution in [2.45, 2.75) is 59.2 Å². The second-order valence-corrected chi connectivity index (χ2v) is 13.5. The number of ether oxygens (including phenoxy) is 4. The summed E-state index contributed by atoms with van der Waals surface area (Å²) in [7, 11) is 0. The molecule has 19 nitrogen and oxygen atoms in total. The zero-order valence-corrected chi connectivity index (χ0v) is 32.4. The Morgan fingerprint density at radius 1 is 0.983 bits per heavy atom. The Balaban J connectivity index is 1.58. The number of benzene rings is 1. The molecule has 0 aliphatic heterocycles. The first kappa shape index (κ1) is 46.7. The summed E-state index contributed by atoms with van der Waals surface area (Å²) in [5, 5.41) is 6.07. The van der Waals surface area contributed by atoms with Gasteiger partial charge in [-0.3, -0.25) is 33.9 Å². The van der Waals surface area contributed by atoms with Crippen molar-refractivity contribution in [1.29, 1.82) is 0 Å². The van der Waals surface area contributed by atoms with E-state index < -0.39 is 41.4 Å². The van der Waals surface area contributed by atoms with E-state index in [0.29, 0.717) is 31.3 Å². The molecule has 2 heterocycles. The Hall–Kier alpha value is -5.70. The number of ketones is 1. The average molecular weight is 821 g/mol. The molecule has 0 radical (unpaired) electrons. The van der Waals surface area contributed by atoms with E-state index in [1.54, 1.807) is 6.92 Å². The van der Waals surface area contributed by atoms with Gasteiger partial charge >= 0.3 is 18.1 Å². The minimum absolute atomic E-state index is 0.00128. The Kier molecular flexibility index (Phi) is 18.4. The van der Waals surface area contributed by atoms with E-state index in [1.807, 2.05) is 13.8 Å². The molecular formula is C36H47F3N10O9. The summed E-state index contributed by atoms with van der Waals surface area (Å²) in [6.45, 7) is 6.95. The maximum Gasteiger partial charge on any atom is 0.471 e. The molecule has 2 amide bonds. The van der Waals surface area contributed by atoms with Crippen LogP contribution in [-0.2, 0) is 39.9 Å². The van der Waals surface area contributed by atoms with Gasteiger partial charge in [0.05, 0.1) is 70.1 Å². The Bertz CT molecular complexity index is 1960. The number of H-pyrrole nitrogens is 1. The number of carbonyl (C=O) groups excluding carboxylic acids is 4. The summed E-state index contributed by atoms with van der Waals surface area (Å²) in [6, 6.07) is 4.81. The van der Waals surface area contributed by atoms with Crippen LogP contribution in [-0.4, -0.2) is 109 Å². The van der Waals surface area contributed by atoms with Crippen molar-refractivity contribution in [1.82, 2.24) is 25.3 Å². The van der Waals surface area contributed by atoms with Crippen LogP contribution >= 0.6 is 0 Å². The van der Waals surface area contributed by atoms with Crippen LogP contribution in [0.25, 0.3) is 21.6 Å². The van der Waals surface area contributed by atoms with E-state index in [9.17, 15) is 37.1 Å². The van der Waals surface area contributed by atoms with E-state index in [0.717, 1.165) is 18.3 Å². The van der Waals surface area contributed by atoms with Gasteiger partial charge in [0.25, 0.3) is 5.56 Å². The molecule has 1 aromatic carbocycles. The van der Waals surface area contributed by atoms with Crippen LogP contribution in [0.2, 0.25) is 0 Å². The smallest absolute Gasteiger partial charge is 0.465 e. The number of nitrogens with zero attached hydrogens (tertiary/aromatic N) is 7. The lowest BCUT2D eigenvalue weighted by molar-refractivity contribution is -0.170. The van der Waals surface area contributed by atoms with Gasteiger partial charge in [-0.2, -0.15) is 18.2 Å². The van der Waals surface area contributed by atoms with Gasteiger partial charge in [0.15, 0.2) is 16.9 Å². The number of nitrogens with two attached hydrogens (primary N) is 1. The Morgan fingerprint density at radius 3 is 2.26 bits per heavy atom. The highest BCUT2D eigenvalue weighted by atomic mass is 19.4. The minimum atomic E-state index is -5.28. The van der Waals surface area contributed by atoms with Crippen molar-refractivity contribution in [3.63, 3.8) is 0 Å². The molecule has 4 N–H and O–H groups in total. The Morgan fingerprint density at radius 2 is 1.62 bits per heavy atom. The van der Waals surface area contributed by atoms with Crippen molar-refractivity contribution in [3.05, 3.63) is 62.5 Å². The van der Waals surface area contributed by atoms with Crippen LogP contribution in [0.15, 0.2) is 40.4 Å². The predicted molar refractivity (Wildman–Crippen MR) is 202 cm³/mol. The molecule has 0 saturated carbocycles. The van der Waals surface area contributed by atoms with Crippen LogP contribution in [0.5, 0.6) is 0 Å². The van der Waals surface area contributed by atoms with Gasteiger partial charge in [-0.15, -0.1) is 0 Å². The number of fused-ring (bicyclic) bond motifs is 1. The molecule has 0 bridgehead atoms. The standard InChI is InChI=1S/C36H47F3N10O9/c1-23(2)22-58-33(54)35(3,11-9-28(51)42-12-14-55-16-18-57-19-17-56-15-13-44-48-41)10-8-27(50)24-4-6-26(7-5-24)49(32(53)36(37,38)39)21-25-20-43-30-29(45-25)31(52)47-34(40)46-30/h4-7,20,23H,8-19,21-22H2,1-3H3,(H,42,51)(H3,40,43,46,47,52). The van der Waals surface area contributed by atoms with E-state index in [-0.39, 0.29) is 104 Å². The molecule has 1 unspecified atom stereocenters. The monoisotopic (exact) mass is 820 g/mol. The number of amides is 2. The normalized spacial score (nSPS) is 12.5. The third kappa shape index (κ3) is 15.3. The van der Waals surface area contributed by atoms with Crippen LogP contribution in [0.1, 0.15) is 62.5 Å². The molecule has 58 heavy (non-hydrogen) atoms. The number of Topliss-reactive ketones (excluding diaryl/α,β-unsaturated/α-hetero) is 1. The maximum atomic E-state index is 13.7. The zero-order chi connectivity index (χ0) is 42.7. The quantitative estimate of drug-likeness (QED) is 0.0274. The second kappa shape index (κ2) is 22.9. The van der Waals surface area contributed by atoms with E-state index >= 15 is 0 Å². The number of alkyl halides is 3. The van der Waals surface area contributed by atoms with Crippen molar-refractivity contribution < 1.29 is 51.3 Å². The number of hydrogen-bond donors (Lipinski definition) is 3. The molecule has 0 saturated heterocycles. The number of carbonyl (C=O) groups is 4. The molecule has 22 heteroatoms. The van der Waals surface area contributed by atoms with Gasteiger partial charge in [-0.25, -0.2) is 9.97 Å². The first-order chi connectivity index (χ1) is 27.5. The first-order valence-corrected chi connectivity index (χ1v) is 18.3. The second-order valence-electron chi connectivity index (χ2n) is 13.5. The number of aromatic amines is 1. The summed E-state index contributed by atoms with van der Waals surface area (Å²) >= 11 is 0. The number of hydrogen-bond acceptors (Lipinski definition) is 14. The largest absolute Gasteiger partial charge is 0.471 e. The van der Waals surface area contributed by atoms with Crippen LogP contribution in [0, 0.1) is 11.3 Å². The molecule has 3 rings (SSSR count). The lowest BCUT2D eigenvalue weighted by Gasteiger charge is -2.27. The molecule has 3 aromatic rings. The number of aromatic nitrogens is 4. The fourth-order valence-electron chi connectivity index (χ4n) is 5.18. The lowest BCUT2D eigenvalue weighted by Crippen LogP contribution is -2.41. The molecule has 0 fully saturated rings. The minimum Gasteiger partial charge on any atom is -0.465 e. The highest BCUT2D eigenvalue weighted by Crippen LogP contribution is 2.33. The number of anilines is 2. The van der Waals surface area contributed by atoms with Gasteiger partial charge in [0.1, 0.15) is 0 Å². The number of esters is 1. The number of nitrogens with one attached hydrogen (secondary N) is 2. The summed E-state index contributed by atoms with van der Waals surface area (Å²) < 4.78 is 62.6. The maximum absolute atomic E-state index is 13.7. The van der Waals surface area contributed by atoms with Crippen molar-refractivity contribution in [2.24, 2.45) is 16.4 Å². The molecule has 0 spiro atoms. The number of rotatable bonds is 25. The average Bonchev–Trinajstić information content (AvgIpc) is 3.18. The summed E-state index contributed by atoms with van der Waals surface area (Å²) in [5.74, 6) is -3.81. The molecule has 316 valence electrons. The van der Waals surface area contributed by atoms with Crippen molar-refractivity contribution in [3.8, 4) is 0 Å². The third-order valence-corrected chi connectivity index (χ3v) is 8.35. The van der Waals surface area contributed by atoms with Crippen molar-refractivity contribution >= 4 is 46.4 Å². The zero-order valence-electron chi connectivity index (χ0n) is 32.4. The summed E-state index contributed by atoms with van der Waals surface area (Å²) in [6.07, 6.45) is -4.39. The highest BCUT2D eigenvalue weighted by molar-refractivity contribution is 5.99. The molecule has 0 aliphatic rings. The topological polar surface area (TPSA) is 267 Å². The number of halogens is 3. The fraction of sp³-hybridized carbons (Fsp3) is 0.556. The van der Waals surface area contributed by atoms with Gasteiger partial charge in [0, 0.05) is 42.1 Å². The summed E-state index contributed by atoms with van der Waals surface area (Å²) in [4.78, 5) is 81.0. The predicted octanol–water partition coefficient (Wildman–Crippen LogP) is 3.82. The summed E-state index contributed by atoms with van der Waals surface area (Å²) in [5.41, 5.74) is 11.0. The Labute approximate surface area is 330 Å². The first-order valence-electron chi connectivity index (χ1n) is 18.3. The van der Waals surface area contributed by atoms with Crippen LogP contribution in [0.3, 0.4) is 0 Å². The lowest BCUT2D eigenvalue weighted by atomic mass is 9.79. The number of nitrogen functional groups attached to an aromatic ring is 1. The van der Waals surface area contributed by atoms with Crippen molar-refractivity contribution in [2.75, 3.05) is 70.0 Å². The van der Waals surface area contributed by atoms with Gasteiger partial charge in [0.2, 0.25) is 11.9 Å². The van der Waals surface area contributed by atoms with Crippen LogP contribution < -0.4 is 21.5 Å². The van der Waals surface area contributed by atoms with Gasteiger partial charge in [-0.05, 0) is 55.5 Å². The molecular weight excluding hydrogens is 773 g/mol.